The zero-order valence-electron chi connectivity index (χ0n) is 16.8. The molecule has 156 valence electrons. The van der Waals surface area contributed by atoms with Crippen molar-refractivity contribution in [1.82, 2.24) is 19.8 Å². The Balaban J connectivity index is 1.70. The van der Waals surface area contributed by atoms with Gasteiger partial charge in [0.05, 0.1) is 23.0 Å². The van der Waals surface area contributed by atoms with Gasteiger partial charge in [0, 0.05) is 25.2 Å². The van der Waals surface area contributed by atoms with Crippen LogP contribution in [0.25, 0.3) is 10.9 Å². The predicted molar refractivity (Wildman–Crippen MR) is 112 cm³/mol. The fraction of sp³-hybridized carbons (Fsp3) is 0.318. The van der Waals surface area contributed by atoms with Gasteiger partial charge in [0.15, 0.2) is 0 Å². The van der Waals surface area contributed by atoms with Gasteiger partial charge in [0.2, 0.25) is 0 Å². The number of para-hydroxylation sites is 1. The second-order valence-corrected chi connectivity index (χ2v) is 7.86. The number of aromatic amines is 1. The van der Waals surface area contributed by atoms with Crippen LogP contribution in [-0.4, -0.2) is 45.5 Å². The minimum atomic E-state index is -0.596. The van der Waals surface area contributed by atoms with E-state index in [1.54, 1.807) is 35.2 Å². The maximum Gasteiger partial charge on any atom is 0.329 e. The molecule has 1 amide bonds. The Morgan fingerprint density at radius 1 is 1.10 bits per heavy atom. The normalized spacial score (nSPS) is 19.2. The Morgan fingerprint density at radius 3 is 2.53 bits per heavy atom. The zero-order valence-corrected chi connectivity index (χ0v) is 16.8. The molecule has 7 nitrogen and oxygen atoms in total. The van der Waals surface area contributed by atoms with Crippen LogP contribution in [0, 0.1) is 5.82 Å². The molecule has 2 aromatic carbocycles. The summed E-state index contributed by atoms with van der Waals surface area (Å²) in [5.41, 5.74) is 0.0449. The van der Waals surface area contributed by atoms with Crippen molar-refractivity contribution >= 4 is 16.8 Å². The molecule has 4 rings (SSSR count). The molecular weight excluding hydrogens is 387 g/mol. The van der Waals surface area contributed by atoms with E-state index in [0.717, 1.165) is 0 Å². The summed E-state index contributed by atoms with van der Waals surface area (Å²) >= 11 is 0. The molecule has 1 aromatic heterocycles. The molecular formula is C22H23FN4O3. The molecule has 2 N–H and O–H groups in total. The van der Waals surface area contributed by atoms with Crippen LogP contribution in [0.3, 0.4) is 0 Å². The molecule has 1 fully saturated rings. The number of piperazine rings is 1. The molecule has 3 aromatic rings. The first kappa shape index (κ1) is 20.0. The van der Waals surface area contributed by atoms with Gasteiger partial charge in [-0.1, -0.05) is 18.2 Å². The summed E-state index contributed by atoms with van der Waals surface area (Å²) in [6.45, 7) is 5.06. The number of nitrogens with zero attached hydrogens (tertiary/aromatic N) is 2. The van der Waals surface area contributed by atoms with Gasteiger partial charge in [-0.2, -0.15) is 0 Å². The number of benzene rings is 2. The monoisotopic (exact) mass is 410 g/mol. The number of fused-ring (bicyclic) bond motifs is 1. The lowest BCUT2D eigenvalue weighted by atomic mass is 10.1. The molecule has 2 atom stereocenters. The van der Waals surface area contributed by atoms with Gasteiger partial charge in [-0.05, 0) is 43.7 Å². The fourth-order valence-corrected chi connectivity index (χ4v) is 4.08. The number of rotatable bonds is 3. The number of carbonyl (C=O) groups is 1. The topological polar surface area (TPSA) is 87.2 Å². The van der Waals surface area contributed by atoms with Crippen molar-refractivity contribution in [1.29, 1.82) is 0 Å². The third-order valence-corrected chi connectivity index (χ3v) is 5.35. The summed E-state index contributed by atoms with van der Waals surface area (Å²) in [6.07, 6.45) is 0. The molecule has 2 unspecified atom stereocenters. The molecule has 1 aliphatic heterocycles. The van der Waals surface area contributed by atoms with Crippen molar-refractivity contribution in [3.63, 3.8) is 0 Å². The van der Waals surface area contributed by atoms with Gasteiger partial charge in [-0.25, -0.2) is 9.18 Å². The minimum absolute atomic E-state index is 0.0180. The smallest absolute Gasteiger partial charge is 0.329 e. The van der Waals surface area contributed by atoms with Gasteiger partial charge in [-0.3, -0.25) is 19.1 Å². The van der Waals surface area contributed by atoms with Crippen LogP contribution >= 0.6 is 0 Å². The maximum absolute atomic E-state index is 14.5. The number of hydrogen-bond donors (Lipinski definition) is 2. The van der Waals surface area contributed by atoms with Crippen LogP contribution in [0.5, 0.6) is 0 Å². The van der Waals surface area contributed by atoms with Crippen LogP contribution in [0.15, 0.2) is 52.1 Å². The first-order valence-electron chi connectivity index (χ1n) is 9.89. The van der Waals surface area contributed by atoms with E-state index in [1.807, 2.05) is 13.8 Å². The highest BCUT2D eigenvalue weighted by molar-refractivity contribution is 5.94. The third-order valence-electron chi connectivity index (χ3n) is 5.35. The summed E-state index contributed by atoms with van der Waals surface area (Å²) in [5, 5.41) is 3.74. The van der Waals surface area contributed by atoms with Gasteiger partial charge < -0.3 is 10.2 Å². The lowest BCUT2D eigenvalue weighted by Gasteiger charge is -2.36. The molecule has 0 aliphatic carbocycles. The standard InChI is InChI=1S/C22H23FN4O3/c1-13-10-26(11-14(2)24-13)21(29)17-9-15(7-8-18(17)23)12-27-19-6-4-3-5-16(19)20(28)25-22(27)30/h3-9,13-14,24H,10-12H2,1-2H3,(H,25,28,30). The Kier molecular flexibility index (Phi) is 5.26. The van der Waals surface area contributed by atoms with E-state index in [9.17, 15) is 18.8 Å². The van der Waals surface area contributed by atoms with E-state index in [2.05, 4.69) is 10.3 Å². The highest BCUT2D eigenvalue weighted by Gasteiger charge is 2.27. The fourth-order valence-electron chi connectivity index (χ4n) is 4.08. The van der Waals surface area contributed by atoms with Crippen molar-refractivity contribution in [2.24, 2.45) is 0 Å². The summed E-state index contributed by atoms with van der Waals surface area (Å²) in [6, 6.07) is 11.3. The SMILES string of the molecule is CC1CN(C(=O)c2cc(Cn3c(=O)[nH]c(=O)c4ccccc43)ccc2F)CC(C)N1. The van der Waals surface area contributed by atoms with Crippen LogP contribution in [0.2, 0.25) is 0 Å². The molecule has 2 heterocycles. The second-order valence-electron chi connectivity index (χ2n) is 7.86. The Hall–Kier alpha value is -3.26. The van der Waals surface area contributed by atoms with Gasteiger partial charge in [0.1, 0.15) is 5.82 Å². The molecule has 30 heavy (non-hydrogen) atoms. The Morgan fingerprint density at radius 2 is 1.80 bits per heavy atom. The van der Waals surface area contributed by atoms with Gasteiger partial charge in [-0.15, -0.1) is 0 Å². The summed E-state index contributed by atoms with van der Waals surface area (Å²) in [5.74, 6) is -0.963. The quantitative estimate of drug-likeness (QED) is 0.688. The number of hydrogen-bond acceptors (Lipinski definition) is 4. The maximum atomic E-state index is 14.5. The highest BCUT2D eigenvalue weighted by atomic mass is 19.1. The number of aromatic nitrogens is 2. The summed E-state index contributed by atoms with van der Waals surface area (Å²) in [7, 11) is 0. The molecule has 1 saturated heterocycles. The minimum Gasteiger partial charge on any atom is -0.335 e. The average molecular weight is 410 g/mol. The first-order valence-corrected chi connectivity index (χ1v) is 9.89. The van der Waals surface area contributed by atoms with E-state index in [1.165, 1.54) is 16.7 Å². The van der Waals surface area contributed by atoms with Crippen molar-refractivity contribution in [3.05, 3.63) is 80.2 Å². The molecule has 0 bridgehead atoms. The highest BCUT2D eigenvalue weighted by Crippen LogP contribution is 2.17. The second kappa shape index (κ2) is 7.87. The van der Waals surface area contributed by atoms with E-state index in [0.29, 0.717) is 29.6 Å². The molecule has 0 saturated carbocycles. The predicted octanol–water partition coefficient (Wildman–Crippen LogP) is 1.70. The van der Waals surface area contributed by atoms with Crippen molar-refractivity contribution in [2.45, 2.75) is 32.5 Å². The molecule has 1 aliphatic rings. The van der Waals surface area contributed by atoms with E-state index < -0.39 is 17.1 Å². The van der Waals surface area contributed by atoms with Crippen molar-refractivity contribution < 1.29 is 9.18 Å². The van der Waals surface area contributed by atoms with Crippen LogP contribution in [0.4, 0.5) is 4.39 Å². The van der Waals surface area contributed by atoms with Crippen molar-refractivity contribution in [3.8, 4) is 0 Å². The summed E-state index contributed by atoms with van der Waals surface area (Å²) < 4.78 is 15.9. The largest absolute Gasteiger partial charge is 0.335 e. The number of H-pyrrole nitrogens is 1. The van der Waals surface area contributed by atoms with Crippen LogP contribution in [0.1, 0.15) is 29.8 Å². The van der Waals surface area contributed by atoms with E-state index in [4.69, 9.17) is 0 Å². The molecule has 0 radical (unpaired) electrons. The zero-order chi connectivity index (χ0) is 21.4. The molecule has 0 spiro atoms. The summed E-state index contributed by atoms with van der Waals surface area (Å²) in [4.78, 5) is 41.4. The van der Waals surface area contributed by atoms with Crippen molar-refractivity contribution in [2.75, 3.05) is 13.1 Å². The van der Waals surface area contributed by atoms with Crippen LogP contribution < -0.4 is 16.6 Å². The van der Waals surface area contributed by atoms with E-state index >= 15 is 0 Å². The number of amides is 1. The number of halogens is 1. The lowest BCUT2D eigenvalue weighted by Crippen LogP contribution is -2.55. The van der Waals surface area contributed by atoms with E-state index in [-0.39, 0.29) is 30.1 Å². The molecule has 8 heteroatoms. The van der Waals surface area contributed by atoms with Gasteiger partial charge in [0.25, 0.3) is 11.5 Å². The Bertz CT molecular complexity index is 1220. The first-order chi connectivity index (χ1) is 14.3. The number of carbonyl (C=O) groups excluding carboxylic acids is 1. The van der Waals surface area contributed by atoms with Crippen LogP contribution in [-0.2, 0) is 6.54 Å². The lowest BCUT2D eigenvalue weighted by molar-refractivity contribution is 0.0669. The Labute approximate surface area is 172 Å². The third kappa shape index (κ3) is 3.78. The van der Waals surface area contributed by atoms with Gasteiger partial charge >= 0.3 is 5.69 Å². The number of nitrogens with one attached hydrogen (secondary N) is 2. The average Bonchev–Trinajstić information content (AvgIpc) is 2.71.